The normalized spacial score (nSPS) is 13.2. The van der Waals surface area contributed by atoms with Crippen molar-refractivity contribution in [1.29, 1.82) is 0 Å². The van der Waals surface area contributed by atoms with E-state index in [1.54, 1.807) is 31.2 Å². The van der Waals surface area contributed by atoms with E-state index in [0.29, 0.717) is 9.90 Å². The lowest BCUT2D eigenvalue weighted by Gasteiger charge is -2.24. The molecule has 1 aromatic carbocycles. The topological polar surface area (TPSA) is 74.7 Å². The van der Waals surface area contributed by atoms with Crippen LogP contribution < -0.4 is 0 Å². The first-order valence-corrected chi connectivity index (χ1v) is 9.39. The van der Waals surface area contributed by atoms with Crippen LogP contribution in [0.1, 0.15) is 23.4 Å². The van der Waals surface area contributed by atoms with Crippen LogP contribution in [0.3, 0.4) is 0 Å². The predicted molar refractivity (Wildman–Crippen MR) is 90.5 cm³/mol. The number of nitrogens with zero attached hydrogens (tertiary/aromatic N) is 1. The number of carboxylic acid groups (broad SMARTS) is 1. The second kappa shape index (κ2) is 7.00. The lowest BCUT2D eigenvalue weighted by Crippen LogP contribution is -2.29. The molecule has 0 bridgehead atoms. The molecule has 124 valence electrons. The molecule has 0 amide bonds. The highest BCUT2D eigenvalue weighted by atomic mass is 35.5. The van der Waals surface area contributed by atoms with Crippen molar-refractivity contribution in [3.63, 3.8) is 0 Å². The fraction of sp³-hybridized carbons (Fsp3) is 0.267. The molecule has 0 saturated carbocycles. The average Bonchev–Trinajstić information content (AvgIpc) is 2.95. The Bertz CT molecular complexity index is 799. The third-order valence-corrected chi connectivity index (χ3v) is 7.23. The first-order valence-electron chi connectivity index (χ1n) is 6.76. The van der Waals surface area contributed by atoms with Gasteiger partial charge >= 0.3 is 5.97 Å². The summed E-state index contributed by atoms with van der Waals surface area (Å²) in [5, 5.41) is 9.37. The molecular weight excluding hydrogens is 358 g/mol. The van der Waals surface area contributed by atoms with Gasteiger partial charge in [0.15, 0.2) is 0 Å². The Morgan fingerprint density at radius 2 is 1.87 bits per heavy atom. The fourth-order valence-corrected chi connectivity index (χ4v) is 5.05. The van der Waals surface area contributed by atoms with Gasteiger partial charge < -0.3 is 5.11 Å². The van der Waals surface area contributed by atoms with Crippen molar-refractivity contribution in [2.24, 2.45) is 0 Å². The first-order chi connectivity index (χ1) is 10.7. The molecule has 0 aliphatic carbocycles. The highest BCUT2D eigenvalue weighted by Gasteiger charge is 2.28. The van der Waals surface area contributed by atoms with Crippen LogP contribution in [-0.2, 0) is 21.2 Å². The number of benzene rings is 1. The Balaban J connectivity index is 2.25. The monoisotopic (exact) mass is 373 g/mol. The zero-order valence-corrected chi connectivity index (χ0v) is 15.0. The van der Waals surface area contributed by atoms with Crippen molar-refractivity contribution in [2.45, 2.75) is 23.6 Å². The number of hydrogen-bond donors (Lipinski definition) is 1. The number of carboxylic acids is 1. The van der Waals surface area contributed by atoms with Gasteiger partial charge in [-0.15, -0.1) is 11.3 Å². The maximum atomic E-state index is 12.7. The van der Waals surface area contributed by atoms with Crippen molar-refractivity contribution in [1.82, 2.24) is 4.31 Å². The van der Waals surface area contributed by atoms with Gasteiger partial charge in [0, 0.05) is 23.0 Å². The van der Waals surface area contributed by atoms with Gasteiger partial charge in [-0.1, -0.05) is 23.7 Å². The summed E-state index contributed by atoms with van der Waals surface area (Å²) in [6, 6.07) is 9.60. The molecule has 1 atom stereocenters. The van der Waals surface area contributed by atoms with E-state index >= 15 is 0 Å². The minimum Gasteiger partial charge on any atom is -0.481 e. The molecule has 0 spiro atoms. The molecule has 0 fully saturated rings. The summed E-state index contributed by atoms with van der Waals surface area (Å²) in [7, 11) is -2.18. The number of carbonyl (C=O) groups is 1. The quantitative estimate of drug-likeness (QED) is 0.841. The zero-order chi connectivity index (χ0) is 17.2. The summed E-state index contributed by atoms with van der Waals surface area (Å²) in [5.41, 5.74) is 0.822. The zero-order valence-electron chi connectivity index (χ0n) is 12.6. The van der Waals surface area contributed by atoms with Gasteiger partial charge in [-0.2, -0.15) is 4.31 Å². The molecule has 0 aliphatic rings. The van der Waals surface area contributed by atoms with E-state index in [9.17, 15) is 13.2 Å². The predicted octanol–water partition coefficient (Wildman–Crippen LogP) is 3.41. The molecule has 2 rings (SSSR count). The summed E-state index contributed by atoms with van der Waals surface area (Å²) in [6.07, 6.45) is -0.184. The Morgan fingerprint density at radius 1 is 1.26 bits per heavy atom. The van der Waals surface area contributed by atoms with E-state index < -0.39 is 16.0 Å². The van der Waals surface area contributed by atoms with Crippen LogP contribution in [0.2, 0.25) is 5.02 Å². The van der Waals surface area contributed by atoms with Crippen molar-refractivity contribution in [2.75, 3.05) is 7.05 Å². The van der Waals surface area contributed by atoms with E-state index in [2.05, 4.69) is 0 Å². The molecule has 23 heavy (non-hydrogen) atoms. The maximum Gasteiger partial charge on any atom is 0.308 e. The number of halogens is 1. The van der Waals surface area contributed by atoms with Crippen LogP contribution in [0, 0.1) is 0 Å². The minimum atomic E-state index is -3.69. The lowest BCUT2D eigenvalue weighted by atomic mass is 10.1. The molecule has 0 saturated heterocycles. The van der Waals surface area contributed by atoms with Gasteiger partial charge in [0.05, 0.1) is 6.42 Å². The van der Waals surface area contributed by atoms with Gasteiger partial charge in [-0.25, -0.2) is 8.42 Å². The van der Waals surface area contributed by atoms with E-state index in [1.807, 2.05) is 0 Å². The summed E-state index contributed by atoms with van der Waals surface area (Å²) in [6.45, 7) is 1.78. The molecule has 1 heterocycles. The van der Waals surface area contributed by atoms with Crippen LogP contribution in [0.15, 0.2) is 40.6 Å². The Kier molecular flexibility index (Phi) is 5.46. The SMILES string of the molecule is CC(c1ccc(Cl)cc1)N(C)S(=O)(=O)c1ccc(CC(=O)O)s1. The summed E-state index contributed by atoms with van der Waals surface area (Å²) in [4.78, 5) is 11.2. The van der Waals surface area contributed by atoms with Crippen LogP contribution in [-0.4, -0.2) is 30.8 Å². The summed E-state index contributed by atoms with van der Waals surface area (Å²) >= 11 is 6.83. The van der Waals surface area contributed by atoms with Gasteiger partial charge in [0.1, 0.15) is 4.21 Å². The fourth-order valence-electron chi connectivity index (χ4n) is 2.04. The van der Waals surface area contributed by atoms with Gasteiger partial charge in [0.25, 0.3) is 10.0 Å². The van der Waals surface area contributed by atoms with E-state index in [-0.39, 0.29) is 16.7 Å². The van der Waals surface area contributed by atoms with E-state index in [0.717, 1.165) is 16.9 Å². The standard InChI is InChI=1S/C15H16ClNO4S2/c1-10(11-3-5-12(16)6-4-11)17(2)23(20,21)15-8-7-13(22-15)9-14(18)19/h3-8,10H,9H2,1-2H3,(H,18,19). The van der Waals surface area contributed by atoms with Crippen LogP contribution in [0.4, 0.5) is 0 Å². The average molecular weight is 374 g/mol. The Hall–Kier alpha value is -1.41. The van der Waals surface area contributed by atoms with E-state index in [4.69, 9.17) is 16.7 Å². The largest absolute Gasteiger partial charge is 0.481 e. The molecule has 8 heteroatoms. The Labute approximate surface area is 144 Å². The van der Waals surface area contributed by atoms with Crippen molar-refractivity contribution in [3.8, 4) is 0 Å². The molecule has 0 aliphatic heterocycles. The summed E-state index contributed by atoms with van der Waals surface area (Å²) < 4.78 is 26.8. The van der Waals surface area contributed by atoms with Crippen LogP contribution in [0.25, 0.3) is 0 Å². The molecule has 1 unspecified atom stereocenters. The number of aliphatic carboxylic acids is 1. The molecular formula is C15H16ClNO4S2. The number of thiophene rings is 1. The highest BCUT2D eigenvalue weighted by Crippen LogP contribution is 2.30. The number of sulfonamides is 1. The van der Waals surface area contributed by atoms with Crippen LogP contribution >= 0.6 is 22.9 Å². The van der Waals surface area contributed by atoms with Crippen molar-refractivity contribution in [3.05, 3.63) is 51.9 Å². The molecule has 5 nitrogen and oxygen atoms in total. The second-order valence-corrected chi connectivity index (χ2v) is 8.87. The first kappa shape index (κ1) is 17.9. The van der Waals surface area contributed by atoms with Crippen LogP contribution in [0.5, 0.6) is 0 Å². The highest BCUT2D eigenvalue weighted by molar-refractivity contribution is 7.91. The van der Waals surface area contributed by atoms with Gasteiger partial charge in [0.2, 0.25) is 0 Å². The molecule has 2 aromatic rings. The van der Waals surface area contributed by atoms with Gasteiger partial charge in [-0.05, 0) is 36.8 Å². The number of rotatable bonds is 6. The number of hydrogen-bond acceptors (Lipinski definition) is 4. The third-order valence-electron chi connectivity index (χ3n) is 3.49. The molecule has 0 radical (unpaired) electrons. The van der Waals surface area contributed by atoms with Gasteiger partial charge in [-0.3, -0.25) is 4.79 Å². The third kappa shape index (κ3) is 4.11. The van der Waals surface area contributed by atoms with E-state index in [1.165, 1.54) is 23.5 Å². The maximum absolute atomic E-state index is 12.7. The Morgan fingerprint density at radius 3 is 2.43 bits per heavy atom. The summed E-state index contributed by atoms with van der Waals surface area (Å²) in [5.74, 6) is -0.987. The lowest BCUT2D eigenvalue weighted by molar-refractivity contribution is -0.136. The molecule has 1 aromatic heterocycles. The van der Waals surface area contributed by atoms with Crippen molar-refractivity contribution >= 4 is 38.9 Å². The minimum absolute atomic E-state index is 0.136. The second-order valence-electron chi connectivity index (χ2n) is 5.04. The molecule has 1 N–H and O–H groups in total. The smallest absolute Gasteiger partial charge is 0.308 e. The van der Waals surface area contributed by atoms with Crippen molar-refractivity contribution < 1.29 is 18.3 Å².